The van der Waals surface area contributed by atoms with Gasteiger partial charge in [0.25, 0.3) is 0 Å². The summed E-state index contributed by atoms with van der Waals surface area (Å²) in [5, 5.41) is 10.9. The highest BCUT2D eigenvalue weighted by Gasteiger charge is 2.29. The number of amides is 1. The van der Waals surface area contributed by atoms with E-state index in [4.69, 9.17) is 0 Å². The molecule has 1 atom stereocenters. The number of hydrogen-bond acceptors (Lipinski definition) is 5. The molecule has 0 saturated carbocycles. The third-order valence-electron chi connectivity index (χ3n) is 3.96. The normalized spacial score (nSPS) is 20.6. The van der Waals surface area contributed by atoms with Crippen LogP contribution in [0.5, 0.6) is 0 Å². The van der Waals surface area contributed by atoms with Crippen LogP contribution < -0.4 is 0 Å². The van der Waals surface area contributed by atoms with Crippen LogP contribution in [-0.4, -0.2) is 67.6 Å². The van der Waals surface area contributed by atoms with E-state index in [1.165, 1.54) is 0 Å². The van der Waals surface area contributed by atoms with Crippen molar-refractivity contribution in [3.63, 3.8) is 0 Å². The van der Waals surface area contributed by atoms with E-state index in [9.17, 15) is 4.79 Å². The molecular weight excluding hydrogens is 256 g/mol. The van der Waals surface area contributed by atoms with E-state index in [-0.39, 0.29) is 5.91 Å². The van der Waals surface area contributed by atoms with E-state index < -0.39 is 0 Å². The van der Waals surface area contributed by atoms with Crippen molar-refractivity contribution >= 4 is 5.91 Å². The number of rotatable bonds is 5. The van der Waals surface area contributed by atoms with Crippen molar-refractivity contribution in [1.29, 1.82) is 0 Å². The number of tetrazole rings is 1. The molecular formula is C13H24N6O. The summed E-state index contributed by atoms with van der Waals surface area (Å²) in [5.74, 6) is 0.197. The van der Waals surface area contributed by atoms with Crippen molar-refractivity contribution in [1.82, 2.24) is 30.0 Å². The fraction of sp³-hybridized carbons (Fsp3) is 0.846. The third-order valence-corrected chi connectivity index (χ3v) is 3.96. The van der Waals surface area contributed by atoms with Gasteiger partial charge < -0.3 is 4.90 Å². The lowest BCUT2D eigenvalue weighted by Crippen LogP contribution is -2.56. The largest absolute Gasteiger partial charge is 0.340 e. The molecule has 0 aromatic carbocycles. The van der Waals surface area contributed by atoms with Crippen LogP contribution >= 0.6 is 0 Å². The molecule has 1 aromatic rings. The SMILES string of the molecule is CC[C@@H]1CN(C(=O)CCn2cnnn2)CCN1C(C)C. The van der Waals surface area contributed by atoms with Crippen molar-refractivity contribution in [3.8, 4) is 0 Å². The molecule has 1 saturated heterocycles. The summed E-state index contributed by atoms with van der Waals surface area (Å²) in [5.41, 5.74) is 0. The zero-order valence-electron chi connectivity index (χ0n) is 12.6. The van der Waals surface area contributed by atoms with Crippen molar-refractivity contribution in [2.75, 3.05) is 19.6 Å². The zero-order chi connectivity index (χ0) is 14.5. The van der Waals surface area contributed by atoms with Crippen LogP contribution in [0.15, 0.2) is 6.33 Å². The lowest BCUT2D eigenvalue weighted by atomic mass is 10.1. The molecule has 0 unspecified atom stereocenters. The molecule has 0 radical (unpaired) electrons. The summed E-state index contributed by atoms with van der Waals surface area (Å²) in [7, 11) is 0. The lowest BCUT2D eigenvalue weighted by molar-refractivity contribution is -0.135. The Balaban J connectivity index is 1.85. The first kappa shape index (κ1) is 14.9. The summed E-state index contributed by atoms with van der Waals surface area (Å²) < 4.78 is 1.60. The van der Waals surface area contributed by atoms with Crippen molar-refractivity contribution in [2.45, 2.75) is 52.2 Å². The summed E-state index contributed by atoms with van der Waals surface area (Å²) in [4.78, 5) is 16.7. The standard InChI is InChI=1S/C13H24N6O/c1-4-12-9-17(7-8-19(12)11(2)3)13(20)5-6-18-10-14-15-16-18/h10-12H,4-9H2,1-3H3/t12-/m1/s1. The predicted molar refractivity (Wildman–Crippen MR) is 74.9 cm³/mol. The van der Waals surface area contributed by atoms with Gasteiger partial charge in [-0.2, -0.15) is 0 Å². The van der Waals surface area contributed by atoms with Crippen molar-refractivity contribution < 1.29 is 4.79 Å². The quantitative estimate of drug-likeness (QED) is 0.781. The van der Waals surface area contributed by atoms with Crippen LogP contribution in [-0.2, 0) is 11.3 Å². The van der Waals surface area contributed by atoms with Crippen LogP contribution in [0.4, 0.5) is 0 Å². The van der Waals surface area contributed by atoms with E-state index in [0.29, 0.717) is 25.0 Å². The molecule has 0 N–H and O–H groups in total. The average Bonchev–Trinajstić information content (AvgIpc) is 2.97. The molecule has 7 heteroatoms. The molecule has 20 heavy (non-hydrogen) atoms. The fourth-order valence-electron chi connectivity index (χ4n) is 2.79. The Morgan fingerprint density at radius 1 is 1.40 bits per heavy atom. The average molecular weight is 280 g/mol. The molecule has 1 aliphatic heterocycles. The van der Waals surface area contributed by atoms with Gasteiger partial charge in [0, 0.05) is 38.1 Å². The lowest BCUT2D eigenvalue weighted by Gasteiger charge is -2.43. The molecule has 7 nitrogen and oxygen atoms in total. The maximum absolute atomic E-state index is 12.3. The van der Waals surface area contributed by atoms with Crippen LogP contribution in [0.1, 0.15) is 33.6 Å². The Morgan fingerprint density at radius 2 is 2.20 bits per heavy atom. The number of aromatic nitrogens is 4. The van der Waals surface area contributed by atoms with Crippen LogP contribution in [0.3, 0.4) is 0 Å². The van der Waals surface area contributed by atoms with E-state index in [1.54, 1.807) is 11.0 Å². The molecule has 112 valence electrons. The summed E-state index contributed by atoms with van der Waals surface area (Å²) in [6, 6.07) is 1.01. The van der Waals surface area contributed by atoms with Gasteiger partial charge in [-0.15, -0.1) is 5.10 Å². The zero-order valence-corrected chi connectivity index (χ0v) is 12.6. The second-order valence-corrected chi connectivity index (χ2v) is 5.56. The molecule has 1 aliphatic rings. The molecule has 1 fully saturated rings. The van der Waals surface area contributed by atoms with Gasteiger partial charge in [-0.1, -0.05) is 6.92 Å². The highest BCUT2D eigenvalue weighted by atomic mass is 16.2. The summed E-state index contributed by atoms with van der Waals surface area (Å²) in [6.45, 7) is 9.80. The number of carbonyl (C=O) groups is 1. The van der Waals surface area contributed by atoms with Gasteiger partial charge in [0.1, 0.15) is 6.33 Å². The van der Waals surface area contributed by atoms with Crippen molar-refractivity contribution in [3.05, 3.63) is 6.33 Å². The minimum absolute atomic E-state index is 0.197. The Kier molecular flexibility index (Phi) is 5.05. The summed E-state index contributed by atoms with van der Waals surface area (Å²) in [6.07, 6.45) is 3.08. The first-order valence-electron chi connectivity index (χ1n) is 7.36. The molecule has 1 aromatic heterocycles. The van der Waals surface area contributed by atoms with E-state index in [1.807, 2.05) is 4.90 Å². The Hall–Kier alpha value is -1.50. The molecule has 0 spiro atoms. The van der Waals surface area contributed by atoms with Gasteiger partial charge >= 0.3 is 0 Å². The van der Waals surface area contributed by atoms with Gasteiger partial charge in [-0.3, -0.25) is 9.69 Å². The second-order valence-electron chi connectivity index (χ2n) is 5.56. The van der Waals surface area contributed by atoms with E-state index >= 15 is 0 Å². The Labute approximate surface area is 119 Å². The molecule has 2 heterocycles. The molecule has 0 bridgehead atoms. The number of carbonyl (C=O) groups excluding carboxylic acids is 1. The van der Waals surface area contributed by atoms with Crippen LogP contribution in [0.25, 0.3) is 0 Å². The van der Waals surface area contributed by atoms with Gasteiger partial charge in [0.15, 0.2) is 0 Å². The first-order chi connectivity index (χ1) is 9.61. The number of nitrogens with zero attached hydrogens (tertiary/aromatic N) is 6. The number of hydrogen-bond donors (Lipinski definition) is 0. The van der Waals surface area contributed by atoms with Gasteiger partial charge in [-0.25, -0.2) is 4.68 Å². The highest BCUT2D eigenvalue weighted by Crippen LogP contribution is 2.16. The smallest absolute Gasteiger partial charge is 0.224 e. The van der Waals surface area contributed by atoms with Gasteiger partial charge in [-0.05, 0) is 30.7 Å². The Morgan fingerprint density at radius 3 is 2.80 bits per heavy atom. The predicted octanol–water partition coefficient (Wildman–Crippen LogP) is 0.394. The van der Waals surface area contributed by atoms with Gasteiger partial charge in [0.2, 0.25) is 5.91 Å². The van der Waals surface area contributed by atoms with Gasteiger partial charge in [0.05, 0.1) is 6.54 Å². The maximum atomic E-state index is 12.3. The van der Waals surface area contributed by atoms with E-state index in [0.717, 1.165) is 26.1 Å². The number of aryl methyl sites for hydroxylation is 1. The van der Waals surface area contributed by atoms with Crippen LogP contribution in [0, 0.1) is 0 Å². The minimum atomic E-state index is 0.197. The third kappa shape index (κ3) is 3.53. The first-order valence-corrected chi connectivity index (χ1v) is 7.36. The number of piperazine rings is 1. The van der Waals surface area contributed by atoms with Crippen LogP contribution in [0.2, 0.25) is 0 Å². The fourth-order valence-corrected chi connectivity index (χ4v) is 2.79. The maximum Gasteiger partial charge on any atom is 0.224 e. The molecule has 2 rings (SSSR count). The Bertz CT molecular complexity index is 419. The highest BCUT2D eigenvalue weighted by molar-refractivity contribution is 5.76. The van der Waals surface area contributed by atoms with E-state index in [2.05, 4.69) is 41.2 Å². The molecule has 1 amide bonds. The topological polar surface area (TPSA) is 67.2 Å². The summed E-state index contributed by atoms with van der Waals surface area (Å²) >= 11 is 0. The monoisotopic (exact) mass is 280 g/mol. The van der Waals surface area contributed by atoms with Crippen molar-refractivity contribution in [2.24, 2.45) is 0 Å². The second kappa shape index (κ2) is 6.78. The minimum Gasteiger partial charge on any atom is -0.340 e. The molecule has 0 aliphatic carbocycles.